The highest BCUT2D eigenvalue weighted by Crippen LogP contribution is 2.29. The molecule has 0 saturated heterocycles. The number of carbonyl (C=O) groups excluding carboxylic acids is 1. The number of aromatic nitrogens is 4. The van der Waals surface area contributed by atoms with E-state index in [0.29, 0.717) is 28.8 Å². The molecule has 4 aromatic rings. The zero-order valence-corrected chi connectivity index (χ0v) is 18.6. The highest BCUT2D eigenvalue weighted by Gasteiger charge is 2.17. The van der Waals surface area contributed by atoms with Gasteiger partial charge in [0.1, 0.15) is 11.5 Å². The van der Waals surface area contributed by atoms with E-state index in [1.807, 2.05) is 52.1 Å². The van der Waals surface area contributed by atoms with Gasteiger partial charge >= 0.3 is 0 Å². The van der Waals surface area contributed by atoms with Crippen LogP contribution in [0, 0.1) is 0 Å². The molecule has 0 bridgehead atoms. The number of ether oxygens (including phenoxy) is 2. The second-order valence-corrected chi connectivity index (χ2v) is 7.78. The minimum atomic E-state index is -0.176. The summed E-state index contributed by atoms with van der Waals surface area (Å²) in [6.07, 6.45) is 4.47. The van der Waals surface area contributed by atoms with Gasteiger partial charge in [-0.25, -0.2) is 4.68 Å². The molecule has 1 amide bonds. The Labute approximate surface area is 190 Å². The number of rotatable bonds is 9. The van der Waals surface area contributed by atoms with E-state index in [-0.39, 0.29) is 11.7 Å². The van der Waals surface area contributed by atoms with Crippen LogP contribution in [-0.2, 0) is 11.2 Å². The van der Waals surface area contributed by atoms with Crippen molar-refractivity contribution in [3.8, 4) is 11.5 Å². The van der Waals surface area contributed by atoms with Crippen LogP contribution < -0.4 is 14.8 Å². The Balaban J connectivity index is 1.49. The molecule has 0 spiro atoms. The number of amides is 1. The third kappa shape index (κ3) is 4.94. The molecule has 9 heteroatoms. The van der Waals surface area contributed by atoms with E-state index >= 15 is 0 Å². The van der Waals surface area contributed by atoms with Crippen molar-refractivity contribution in [1.82, 2.24) is 19.5 Å². The van der Waals surface area contributed by atoms with E-state index in [1.165, 1.54) is 11.8 Å². The molecule has 2 heterocycles. The molecule has 8 nitrogen and oxygen atoms in total. The van der Waals surface area contributed by atoms with E-state index in [0.717, 1.165) is 11.4 Å². The molecule has 164 valence electrons. The lowest BCUT2D eigenvalue weighted by atomic mass is 10.1. The fourth-order valence-corrected chi connectivity index (χ4v) is 3.94. The van der Waals surface area contributed by atoms with Gasteiger partial charge in [0, 0.05) is 24.9 Å². The third-order valence-electron chi connectivity index (χ3n) is 4.72. The third-order valence-corrected chi connectivity index (χ3v) is 5.64. The van der Waals surface area contributed by atoms with Crippen molar-refractivity contribution in [1.29, 1.82) is 0 Å². The molecule has 2 aromatic heterocycles. The molecule has 0 saturated carbocycles. The van der Waals surface area contributed by atoms with Crippen LogP contribution in [0.2, 0.25) is 0 Å². The van der Waals surface area contributed by atoms with Crippen molar-refractivity contribution in [2.45, 2.75) is 11.6 Å². The number of nitrogens with one attached hydrogen (secondary N) is 1. The van der Waals surface area contributed by atoms with Crippen LogP contribution in [0.1, 0.15) is 11.4 Å². The summed E-state index contributed by atoms with van der Waals surface area (Å²) in [6, 6.07) is 19.2. The lowest BCUT2D eigenvalue weighted by molar-refractivity contribution is -0.113. The fourth-order valence-electron chi connectivity index (χ4n) is 3.18. The number of anilines is 1. The summed E-state index contributed by atoms with van der Waals surface area (Å²) in [7, 11) is 3.13. The first kappa shape index (κ1) is 21.5. The van der Waals surface area contributed by atoms with Gasteiger partial charge in [-0.05, 0) is 29.8 Å². The predicted octanol–water partition coefficient (Wildman–Crippen LogP) is 3.73. The van der Waals surface area contributed by atoms with Crippen molar-refractivity contribution in [3.05, 3.63) is 84.4 Å². The van der Waals surface area contributed by atoms with Gasteiger partial charge in [-0.15, -0.1) is 10.2 Å². The molecule has 32 heavy (non-hydrogen) atoms. The first-order valence-corrected chi connectivity index (χ1v) is 10.9. The Morgan fingerprint density at radius 1 is 1.00 bits per heavy atom. The summed E-state index contributed by atoms with van der Waals surface area (Å²) in [5, 5.41) is 12.2. The molecule has 0 atom stereocenters. The Morgan fingerprint density at radius 3 is 2.50 bits per heavy atom. The summed E-state index contributed by atoms with van der Waals surface area (Å²) in [5.41, 5.74) is 1.71. The summed E-state index contributed by atoms with van der Waals surface area (Å²) in [5.74, 6) is 1.96. The minimum absolute atomic E-state index is 0.167. The van der Waals surface area contributed by atoms with Crippen LogP contribution >= 0.6 is 11.8 Å². The average Bonchev–Trinajstić information content (AvgIpc) is 3.48. The second kappa shape index (κ2) is 10.1. The molecule has 0 aliphatic carbocycles. The van der Waals surface area contributed by atoms with Gasteiger partial charge in [0.25, 0.3) is 0 Å². The number of methoxy groups -OCH3 is 2. The molecular formula is C23H23N5O3S. The standard InChI is InChI=1S/C23H23N5O3S/c1-30-18-10-11-19(20(15-18)31-2)24-22(29)16-32-23-26-25-21(14-17-8-4-3-5-9-17)28(23)27-12-6-7-13-27/h3-13,15H,14,16H2,1-2H3,(H,24,29). The molecular weight excluding hydrogens is 426 g/mol. The van der Waals surface area contributed by atoms with Gasteiger partial charge in [-0.1, -0.05) is 42.1 Å². The van der Waals surface area contributed by atoms with E-state index in [4.69, 9.17) is 9.47 Å². The van der Waals surface area contributed by atoms with Gasteiger partial charge in [0.15, 0.2) is 5.82 Å². The van der Waals surface area contributed by atoms with Crippen molar-refractivity contribution in [2.24, 2.45) is 0 Å². The van der Waals surface area contributed by atoms with Crippen molar-refractivity contribution in [2.75, 3.05) is 25.3 Å². The van der Waals surface area contributed by atoms with Crippen LogP contribution in [0.15, 0.2) is 78.2 Å². The van der Waals surface area contributed by atoms with Crippen LogP contribution in [0.3, 0.4) is 0 Å². The molecule has 4 rings (SSSR count). The topological polar surface area (TPSA) is 83.2 Å². The maximum atomic E-state index is 12.6. The van der Waals surface area contributed by atoms with Crippen LogP contribution in [0.25, 0.3) is 0 Å². The van der Waals surface area contributed by atoms with E-state index < -0.39 is 0 Å². The fraction of sp³-hybridized carbons (Fsp3) is 0.174. The molecule has 0 unspecified atom stereocenters. The molecule has 0 radical (unpaired) electrons. The van der Waals surface area contributed by atoms with E-state index in [1.54, 1.807) is 32.4 Å². The number of benzene rings is 2. The Kier molecular flexibility index (Phi) is 6.76. The molecule has 0 fully saturated rings. The van der Waals surface area contributed by atoms with Crippen molar-refractivity contribution in [3.63, 3.8) is 0 Å². The first-order chi connectivity index (χ1) is 15.7. The highest BCUT2D eigenvalue weighted by atomic mass is 32.2. The SMILES string of the molecule is COc1ccc(NC(=O)CSc2nnc(Cc3ccccc3)n2-n2cccc2)c(OC)c1. The maximum absolute atomic E-state index is 12.6. The Morgan fingerprint density at radius 2 is 1.78 bits per heavy atom. The number of nitrogens with zero attached hydrogens (tertiary/aromatic N) is 4. The van der Waals surface area contributed by atoms with Crippen LogP contribution in [0.4, 0.5) is 5.69 Å². The molecule has 0 aliphatic rings. The summed E-state index contributed by atoms with van der Waals surface area (Å²) < 4.78 is 14.4. The van der Waals surface area contributed by atoms with Crippen LogP contribution in [0.5, 0.6) is 11.5 Å². The zero-order chi connectivity index (χ0) is 22.3. The minimum Gasteiger partial charge on any atom is -0.497 e. The molecule has 1 N–H and O–H groups in total. The molecule has 0 aliphatic heterocycles. The van der Waals surface area contributed by atoms with Gasteiger partial charge in [-0.2, -0.15) is 0 Å². The quantitative estimate of drug-likeness (QED) is 0.392. The summed E-state index contributed by atoms with van der Waals surface area (Å²) >= 11 is 1.32. The van der Waals surface area contributed by atoms with Gasteiger partial charge in [0.05, 0.1) is 25.7 Å². The smallest absolute Gasteiger partial charge is 0.234 e. The Hall–Kier alpha value is -3.72. The lowest BCUT2D eigenvalue weighted by Gasteiger charge is -2.12. The van der Waals surface area contributed by atoms with Gasteiger partial charge in [-0.3, -0.25) is 9.47 Å². The normalized spacial score (nSPS) is 10.7. The monoisotopic (exact) mass is 449 g/mol. The summed E-state index contributed by atoms with van der Waals surface area (Å²) in [4.78, 5) is 12.6. The van der Waals surface area contributed by atoms with E-state index in [9.17, 15) is 4.79 Å². The number of carbonyl (C=O) groups is 1. The average molecular weight is 450 g/mol. The number of thioether (sulfide) groups is 1. The maximum Gasteiger partial charge on any atom is 0.234 e. The van der Waals surface area contributed by atoms with Crippen molar-refractivity contribution >= 4 is 23.4 Å². The second-order valence-electron chi connectivity index (χ2n) is 6.84. The largest absolute Gasteiger partial charge is 0.497 e. The molecule has 2 aromatic carbocycles. The van der Waals surface area contributed by atoms with Crippen molar-refractivity contribution < 1.29 is 14.3 Å². The number of hydrogen-bond donors (Lipinski definition) is 1. The highest BCUT2D eigenvalue weighted by molar-refractivity contribution is 7.99. The predicted molar refractivity (Wildman–Crippen MR) is 123 cm³/mol. The first-order valence-electron chi connectivity index (χ1n) is 9.94. The zero-order valence-electron chi connectivity index (χ0n) is 17.8. The summed E-state index contributed by atoms with van der Waals surface area (Å²) in [6.45, 7) is 0. The van der Waals surface area contributed by atoms with E-state index in [2.05, 4.69) is 27.6 Å². The van der Waals surface area contributed by atoms with Gasteiger partial charge < -0.3 is 14.8 Å². The Bertz CT molecular complexity index is 1180. The lowest BCUT2D eigenvalue weighted by Crippen LogP contribution is -2.17. The number of hydrogen-bond acceptors (Lipinski definition) is 6. The van der Waals surface area contributed by atoms with Gasteiger partial charge in [0.2, 0.25) is 11.1 Å². The van der Waals surface area contributed by atoms with Crippen LogP contribution in [-0.4, -0.2) is 45.4 Å².